The Hall–Kier alpha value is -1.51. The van der Waals surface area contributed by atoms with Crippen LogP contribution in [0, 0.1) is 5.41 Å². The molecule has 0 aromatic heterocycles. The number of para-hydroxylation sites is 1. The Bertz CT molecular complexity index is 383. The van der Waals surface area contributed by atoms with Crippen LogP contribution in [0.4, 0.5) is 5.69 Å². The number of nitrogens with zero attached hydrogens (tertiary/aromatic N) is 1. The maximum Gasteiger partial charge on any atom is 0.124 e. The van der Waals surface area contributed by atoms with Crippen molar-refractivity contribution in [3.63, 3.8) is 0 Å². The van der Waals surface area contributed by atoms with Crippen LogP contribution < -0.4 is 10.6 Å². The summed E-state index contributed by atoms with van der Waals surface area (Å²) >= 11 is 0. The van der Waals surface area contributed by atoms with Crippen LogP contribution in [0.2, 0.25) is 0 Å². The highest BCUT2D eigenvalue weighted by Crippen LogP contribution is 2.27. The highest BCUT2D eigenvalue weighted by molar-refractivity contribution is 6.00. The molecule has 0 amide bonds. The molecule has 16 heavy (non-hydrogen) atoms. The number of benzene rings is 1. The van der Waals surface area contributed by atoms with E-state index in [1.807, 2.05) is 31.3 Å². The molecule has 0 bridgehead atoms. The lowest BCUT2D eigenvalue weighted by Crippen LogP contribution is -2.41. The summed E-state index contributed by atoms with van der Waals surface area (Å²) in [7, 11) is 2.05. The smallest absolute Gasteiger partial charge is 0.124 e. The fourth-order valence-corrected chi connectivity index (χ4v) is 1.56. The molecule has 0 saturated carbocycles. The zero-order valence-electron chi connectivity index (χ0n) is 10.5. The maximum atomic E-state index is 7.58. The Balaban J connectivity index is 3.18. The van der Waals surface area contributed by atoms with Crippen molar-refractivity contribution in [2.24, 2.45) is 5.73 Å². The minimum Gasteiger partial charge on any atom is -0.384 e. The van der Waals surface area contributed by atoms with E-state index in [2.05, 4.69) is 25.7 Å². The first-order valence-corrected chi connectivity index (χ1v) is 5.57. The second kappa shape index (κ2) is 4.56. The third kappa shape index (κ3) is 2.35. The van der Waals surface area contributed by atoms with Crippen molar-refractivity contribution in [2.45, 2.75) is 32.7 Å². The van der Waals surface area contributed by atoms with Gasteiger partial charge in [-0.05, 0) is 32.4 Å². The maximum absolute atomic E-state index is 7.58. The normalized spacial score (nSPS) is 11.2. The average Bonchev–Trinajstić information content (AvgIpc) is 2.28. The van der Waals surface area contributed by atoms with Crippen LogP contribution >= 0.6 is 0 Å². The van der Waals surface area contributed by atoms with Gasteiger partial charge in [-0.3, -0.25) is 5.41 Å². The van der Waals surface area contributed by atoms with E-state index in [-0.39, 0.29) is 11.4 Å². The first kappa shape index (κ1) is 12.6. The fourth-order valence-electron chi connectivity index (χ4n) is 1.56. The summed E-state index contributed by atoms with van der Waals surface area (Å²) < 4.78 is 0. The van der Waals surface area contributed by atoms with Gasteiger partial charge in [0.1, 0.15) is 5.84 Å². The lowest BCUT2D eigenvalue weighted by molar-refractivity contribution is 0.470. The van der Waals surface area contributed by atoms with Crippen LogP contribution in [0.5, 0.6) is 0 Å². The van der Waals surface area contributed by atoms with E-state index >= 15 is 0 Å². The first-order chi connectivity index (χ1) is 7.40. The Labute approximate surface area is 97.8 Å². The van der Waals surface area contributed by atoms with Crippen molar-refractivity contribution in [1.29, 1.82) is 5.41 Å². The average molecular weight is 219 g/mol. The summed E-state index contributed by atoms with van der Waals surface area (Å²) in [5.41, 5.74) is 7.47. The van der Waals surface area contributed by atoms with Crippen molar-refractivity contribution in [3.05, 3.63) is 29.8 Å². The van der Waals surface area contributed by atoms with E-state index in [4.69, 9.17) is 11.1 Å². The van der Waals surface area contributed by atoms with Crippen LogP contribution in [0.25, 0.3) is 0 Å². The van der Waals surface area contributed by atoms with Crippen molar-refractivity contribution in [3.8, 4) is 0 Å². The predicted molar refractivity (Wildman–Crippen MR) is 70.2 cm³/mol. The lowest BCUT2D eigenvalue weighted by atomic mass is 9.98. The lowest BCUT2D eigenvalue weighted by Gasteiger charge is -2.37. The van der Waals surface area contributed by atoms with E-state index in [9.17, 15) is 0 Å². The number of nitrogen functional groups attached to an aromatic ring is 1. The van der Waals surface area contributed by atoms with Crippen LogP contribution in [0.15, 0.2) is 24.3 Å². The zero-order valence-corrected chi connectivity index (χ0v) is 10.5. The molecule has 0 aliphatic carbocycles. The Morgan fingerprint density at radius 1 is 1.38 bits per heavy atom. The van der Waals surface area contributed by atoms with Crippen molar-refractivity contribution in [1.82, 2.24) is 0 Å². The molecule has 0 atom stereocenters. The van der Waals surface area contributed by atoms with Gasteiger partial charge in [0, 0.05) is 23.8 Å². The van der Waals surface area contributed by atoms with Gasteiger partial charge in [0.25, 0.3) is 0 Å². The molecule has 0 aliphatic heterocycles. The number of amidine groups is 1. The summed E-state index contributed by atoms with van der Waals surface area (Å²) in [6.07, 6.45) is 1.04. The molecule has 88 valence electrons. The second-order valence-corrected chi connectivity index (χ2v) is 4.66. The van der Waals surface area contributed by atoms with Gasteiger partial charge in [0.15, 0.2) is 0 Å². The largest absolute Gasteiger partial charge is 0.384 e. The third-order valence-electron chi connectivity index (χ3n) is 3.33. The molecule has 3 nitrogen and oxygen atoms in total. The molecule has 1 aromatic rings. The van der Waals surface area contributed by atoms with E-state index in [1.54, 1.807) is 0 Å². The molecular formula is C13H21N3. The molecule has 0 radical (unpaired) electrons. The minimum absolute atomic E-state index is 0.0611. The molecule has 0 fully saturated rings. The summed E-state index contributed by atoms with van der Waals surface area (Å²) in [4.78, 5) is 2.18. The number of hydrogen-bond acceptors (Lipinski definition) is 2. The highest BCUT2D eigenvalue weighted by Gasteiger charge is 2.23. The van der Waals surface area contributed by atoms with Crippen molar-refractivity contribution in [2.75, 3.05) is 11.9 Å². The van der Waals surface area contributed by atoms with E-state index < -0.39 is 0 Å². The van der Waals surface area contributed by atoms with Gasteiger partial charge >= 0.3 is 0 Å². The van der Waals surface area contributed by atoms with E-state index in [0.29, 0.717) is 0 Å². The van der Waals surface area contributed by atoms with Crippen molar-refractivity contribution >= 4 is 11.5 Å². The quantitative estimate of drug-likeness (QED) is 0.604. The molecule has 3 heteroatoms. The zero-order chi connectivity index (χ0) is 12.3. The monoisotopic (exact) mass is 219 g/mol. The first-order valence-electron chi connectivity index (χ1n) is 5.57. The third-order valence-corrected chi connectivity index (χ3v) is 3.33. The summed E-state index contributed by atoms with van der Waals surface area (Å²) in [6, 6.07) is 7.78. The van der Waals surface area contributed by atoms with E-state index in [0.717, 1.165) is 17.7 Å². The number of rotatable bonds is 4. The Kier molecular flexibility index (Phi) is 3.58. The SMILES string of the molecule is CCC(C)(C)N(C)c1ccccc1C(=N)N. The van der Waals surface area contributed by atoms with Crippen LogP contribution in [0.3, 0.4) is 0 Å². The second-order valence-electron chi connectivity index (χ2n) is 4.66. The standard InChI is InChI=1S/C13H21N3/c1-5-13(2,3)16(4)11-9-7-6-8-10(11)12(14)15/h6-9H,5H2,1-4H3,(H3,14,15). The summed E-state index contributed by atoms with van der Waals surface area (Å²) in [5.74, 6) is 0.120. The Morgan fingerprint density at radius 2 is 1.94 bits per heavy atom. The molecule has 0 heterocycles. The molecule has 0 spiro atoms. The predicted octanol–water partition coefficient (Wildman–Crippen LogP) is 2.60. The summed E-state index contributed by atoms with van der Waals surface area (Å²) in [5, 5.41) is 7.58. The number of anilines is 1. The van der Waals surface area contributed by atoms with Gasteiger partial charge in [0.2, 0.25) is 0 Å². The van der Waals surface area contributed by atoms with Crippen LogP contribution in [-0.2, 0) is 0 Å². The molecule has 0 aliphatic rings. The van der Waals surface area contributed by atoms with Gasteiger partial charge in [-0.25, -0.2) is 0 Å². The topological polar surface area (TPSA) is 53.1 Å². The van der Waals surface area contributed by atoms with Crippen molar-refractivity contribution < 1.29 is 0 Å². The molecule has 1 rings (SSSR count). The Morgan fingerprint density at radius 3 is 2.44 bits per heavy atom. The molecule has 0 saturated heterocycles. The molecule has 0 unspecified atom stereocenters. The van der Waals surface area contributed by atoms with Gasteiger partial charge in [0.05, 0.1) is 0 Å². The number of nitrogens with one attached hydrogen (secondary N) is 1. The summed E-state index contributed by atoms with van der Waals surface area (Å²) in [6.45, 7) is 6.53. The van der Waals surface area contributed by atoms with E-state index in [1.165, 1.54) is 0 Å². The molecule has 3 N–H and O–H groups in total. The van der Waals surface area contributed by atoms with Gasteiger partial charge in [-0.15, -0.1) is 0 Å². The fraction of sp³-hybridized carbons (Fsp3) is 0.462. The highest BCUT2D eigenvalue weighted by atomic mass is 15.2. The number of nitrogens with two attached hydrogens (primary N) is 1. The van der Waals surface area contributed by atoms with Gasteiger partial charge < -0.3 is 10.6 Å². The molecular weight excluding hydrogens is 198 g/mol. The van der Waals surface area contributed by atoms with Gasteiger partial charge in [-0.2, -0.15) is 0 Å². The minimum atomic E-state index is 0.0611. The van der Waals surface area contributed by atoms with Crippen LogP contribution in [-0.4, -0.2) is 18.4 Å². The van der Waals surface area contributed by atoms with Crippen LogP contribution in [0.1, 0.15) is 32.8 Å². The number of hydrogen-bond donors (Lipinski definition) is 2. The molecule has 1 aromatic carbocycles. The van der Waals surface area contributed by atoms with Gasteiger partial charge in [-0.1, -0.05) is 19.1 Å².